The molecule has 1 N–H and O–H groups in total. The van der Waals surface area contributed by atoms with Crippen molar-refractivity contribution in [3.05, 3.63) is 69.3 Å². The fraction of sp³-hybridized carbons (Fsp3) is 0.235. The molecule has 1 amide bonds. The van der Waals surface area contributed by atoms with E-state index in [9.17, 15) is 14.4 Å². The Labute approximate surface area is 147 Å². The molecule has 26 heavy (non-hydrogen) atoms. The smallest absolute Gasteiger partial charge is 0.267 e. The fourth-order valence-electron chi connectivity index (χ4n) is 2.31. The van der Waals surface area contributed by atoms with E-state index in [4.69, 9.17) is 4.42 Å². The Kier molecular flexibility index (Phi) is 5.07. The second-order valence-corrected chi connectivity index (χ2v) is 5.60. The van der Waals surface area contributed by atoms with E-state index in [1.54, 1.807) is 19.1 Å². The molecule has 134 valence electrons. The summed E-state index contributed by atoms with van der Waals surface area (Å²) >= 11 is 0. The van der Waals surface area contributed by atoms with Crippen LogP contribution in [-0.4, -0.2) is 31.8 Å². The SMILES string of the molecule is Cc1cc(=O)n(CCNC(=O)Cn2nc(-c3ccco3)ccc2=O)cn1. The van der Waals surface area contributed by atoms with Gasteiger partial charge in [-0.25, -0.2) is 9.67 Å². The largest absolute Gasteiger partial charge is 0.463 e. The Balaban J connectivity index is 1.60. The van der Waals surface area contributed by atoms with Crippen molar-refractivity contribution >= 4 is 5.91 Å². The van der Waals surface area contributed by atoms with Crippen LogP contribution >= 0.6 is 0 Å². The van der Waals surface area contributed by atoms with Crippen LogP contribution in [0.2, 0.25) is 0 Å². The molecule has 9 heteroatoms. The first kappa shape index (κ1) is 17.3. The zero-order chi connectivity index (χ0) is 18.5. The number of aromatic nitrogens is 4. The molecule has 0 atom stereocenters. The predicted molar refractivity (Wildman–Crippen MR) is 92.4 cm³/mol. The average Bonchev–Trinajstić information content (AvgIpc) is 3.13. The molecule has 0 aliphatic heterocycles. The molecule has 0 saturated heterocycles. The van der Waals surface area contributed by atoms with Gasteiger partial charge in [-0.2, -0.15) is 5.10 Å². The minimum atomic E-state index is -0.394. The Morgan fingerprint density at radius 1 is 1.23 bits per heavy atom. The molecule has 3 aromatic rings. The highest BCUT2D eigenvalue weighted by molar-refractivity contribution is 5.75. The maximum atomic E-state index is 12.1. The van der Waals surface area contributed by atoms with Crippen LogP contribution in [0.25, 0.3) is 11.5 Å². The number of carbonyl (C=O) groups is 1. The summed E-state index contributed by atoms with van der Waals surface area (Å²) in [5, 5.41) is 6.78. The van der Waals surface area contributed by atoms with E-state index in [0.717, 1.165) is 4.68 Å². The lowest BCUT2D eigenvalue weighted by molar-refractivity contribution is -0.121. The van der Waals surface area contributed by atoms with Crippen LogP contribution in [0.4, 0.5) is 0 Å². The highest BCUT2D eigenvalue weighted by atomic mass is 16.3. The van der Waals surface area contributed by atoms with E-state index in [-0.39, 0.29) is 31.1 Å². The van der Waals surface area contributed by atoms with Gasteiger partial charge in [-0.3, -0.25) is 19.0 Å². The van der Waals surface area contributed by atoms with E-state index in [0.29, 0.717) is 17.1 Å². The lowest BCUT2D eigenvalue weighted by Gasteiger charge is -2.08. The van der Waals surface area contributed by atoms with Crippen molar-refractivity contribution in [2.24, 2.45) is 0 Å². The molecule has 0 unspecified atom stereocenters. The van der Waals surface area contributed by atoms with Gasteiger partial charge in [0.1, 0.15) is 12.2 Å². The molecule has 0 radical (unpaired) electrons. The molecular weight excluding hydrogens is 338 g/mol. The van der Waals surface area contributed by atoms with Gasteiger partial charge in [-0.15, -0.1) is 0 Å². The van der Waals surface area contributed by atoms with Gasteiger partial charge in [0.2, 0.25) is 5.91 Å². The zero-order valence-corrected chi connectivity index (χ0v) is 14.1. The van der Waals surface area contributed by atoms with Gasteiger partial charge in [0.25, 0.3) is 11.1 Å². The molecule has 0 aliphatic rings. The third kappa shape index (κ3) is 4.12. The van der Waals surface area contributed by atoms with Gasteiger partial charge < -0.3 is 9.73 Å². The number of nitrogens with zero attached hydrogens (tertiary/aromatic N) is 4. The Morgan fingerprint density at radius 3 is 2.81 bits per heavy atom. The van der Waals surface area contributed by atoms with Crippen LogP contribution in [0.3, 0.4) is 0 Å². The monoisotopic (exact) mass is 355 g/mol. The van der Waals surface area contributed by atoms with Crippen molar-refractivity contribution in [3.63, 3.8) is 0 Å². The number of hydrogen-bond acceptors (Lipinski definition) is 6. The quantitative estimate of drug-likeness (QED) is 0.675. The fourth-order valence-corrected chi connectivity index (χ4v) is 2.31. The second kappa shape index (κ2) is 7.60. The second-order valence-electron chi connectivity index (χ2n) is 5.60. The number of carbonyl (C=O) groups excluding carboxylic acids is 1. The summed E-state index contributed by atoms with van der Waals surface area (Å²) in [6.45, 7) is 2.02. The van der Waals surface area contributed by atoms with E-state index >= 15 is 0 Å². The predicted octanol–water partition coefficient (Wildman–Crippen LogP) is 0.185. The van der Waals surface area contributed by atoms with E-state index < -0.39 is 5.56 Å². The molecule has 0 aromatic carbocycles. The molecule has 3 rings (SSSR count). The van der Waals surface area contributed by atoms with Crippen LogP contribution < -0.4 is 16.4 Å². The Morgan fingerprint density at radius 2 is 2.08 bits per heavy atom. The van der Waals surface area contributed by atoms with Gasteiger partial charge in [0.15, 0.2) is 5.76 Å². The van der Waals surface area contributed by atoms with Gasteiger partial charge in [0, 0.05) is 30.9 Å². The number of aryl methyl sites for hydroxylation is 1. The Bertz CT molecular complexity index is 1020. The zero-order valence-electron chi connectivity index (χ0n) is 14.1. The molecule has 0 spiro atoms. The van der Waals surface area contributed by atoms with Crippen molar-refractivity contribution in [2.45, 2.75) is 20.0 Å². The van der Waals surface area contributed by atoms with Crippen LogP contribution in [0.5, 0.6) is 0 Å². The summed E-state index contributed by atoms with van der Waals surface area (Å²) in [6, 6.07) is 7.71. The summed E-state index contributed by atoms with van der Waals surface area (Å²) in [5.41, 5.74) is 0.516. The van der Waals surface area contributed by atoms with Crippen LogP contribution in [0.1, 0.15) is 5.69 Å². The van der Waals surface area contributed by atoms with E-state index in [1.165, 1.54) is 35.4 Å². The number of furan rings is 1. The highest BCUT2D eigenvalue weighted by Crippen LogP contribution is 2.14. The van der Waals surface area contributed by atoms with E-state index in [2.05, 4.69) is 15.4 Å². The van der Waals surface area contributed by atoms with Crippen LogP contribution in [0.15, 0.2) is 56.9 Å². The summed E-state index contributed by atoms with van der Waals surface area (Å²) in [6.07, 6.45) is 2.93. The third-order valence-corrected chi connectivity index (χ3v) is 3.62. The topological polar surface area (TPSA) is 112 Å². The molecule has 0 bridgehead atoms. The normalized spacial score (nSPS) is 10.7. The number of hydrogen-bond donors (Lipinski definition) is 1. The number of amides is 1. The molecule has 3 aromatic heterocycles. The van der Waals surface area contributed by atoms with Gasteiger partial charge >= 0.3 is 0 Å². The molecular formula is C17H17N5O4. The van der Waals surface area contributed by atoms with Crippen LogP contribution in [0, 0.1) is 6.92 Å². The average molecular weight is 355 g/mol. The summed E-state index contributed by atoms with van der Waals surface area (Å²) in [7, 11) is 0. The van der Waals surface area contributed by atoms with Crippen molar-refractivity contribution in [2.75, 3.05) is 6.54 Å². The third-order valence-electron chi connectivity index (χ3n) is 3.62. The van der Waals surface area contributed by atoms with Gasteiger partial charge in [-0.05, 0) is 25.1 Å². The molecule has 0 fully saturated rings. The maximum absolute atomic E-state index is 12.1. The molecule has 3 heterocycles. The van der Waals surface area contributed by atoms with Crippen molar-refractivity contribution in [1.29, 1.82) is 0 Å². The van der Waals surface area contributed by atoms with Gasteiger partial charge in [-0.1, -0.05) is 0 Å². The minimum absolute atomic E-state index is 0.184. The minimum Gasteiger partial charge on any atom is -0.463 e. The summed E-state index contributed by atoms with van der Waals surface area (Å²) in [5.74, 6) is 0.120. The molecule has 9 nitrogen and oxygen atoms in total. The van der Waals surface area contributed by atoms with Gasteiger partial charge in [0.05, 0.1) is 12.6 Å². The molecule has 0 aliphatic carbocycles. The number of rotatable bonds is 6. The first-order chi connectivity index (χ1) is 12.5. The van der Waals surface area contributed by atoms with E-state index in [1.807, 2.05) is 0 Å². The van der Waals surface area contributed by atoms with Crippen LogP contribution in [-0.2, 0) is 17.9 Å². The lowest BCUT2D eigenvalue weighted by atomic mass is 10.3. The number of nitrogens with one attached hydrogen (secondary N) is 1. The lowest BCUT2D eigenvalue weighted by Crippen LogP contribution is -2.36. The van der Waals surface area contributed by atoms with Crippen molar-refractivity contribution in [3.8, 4) is 11.5 Å². The van der Waals surface area contributed by atoms with Crippen molar-refractivity contribution < 1.29 is 9.21 Å². The maximum Gasteiger partial charge on any atom is 0.267 e. The Hall–Kier alpha value is -3.49. The first-order valence-electron chi connectivity index (χ1n) is 7.95. The summed E-state index contributed by atoms with van der Waals surface area (Å²) < 4.78 is 7.70. The van der Waals surface area contributed by atoms with Crippen molar-refractivity contribution in [1.82, 2.24) is 24.6 Å². The standard InChI is InChI=1S/C17H17N5O4/c1-12-9-17(25)21(11-19-12)7-6-18-15(23)10-22-16(24)5-4-13(20-22)14-3-2-8-26-14/h2-5,8-9,11H,6-7,10H2,1H3,(H,18,23). The molecule has 0 saturated carbocycles. The first-order valence-corrected chi connectivity index (χ1v) is 7.95. The summed E-state index contributed by atoms with van der Waals surface area (Å²) in [4.78, 5) is 39.7. The highest BCUT2D eigenvalue weighted by Gasteiger charge is 2.09.